The van der Waals surface area contributed by atoms with Crippen LogP contribution in [0.15, 0.2) is 87.7 Å². The molecular formula is C40H44I4S4. The SMILES string of the molecule is CC(C)(C)c1cc2c(I)c(c1)Sc1cc(C(C)(C)C)cc(c1I)Sc1cc(C(C)(C)C)cc(c1I)Sc1cc(C(C)(C)C)cc(c1I)S2. The van der Waals surface area contributed by atoms with Gasteiger partial charge in [0.1, 0.15) is 0 Å². The molecule has 0 unspecified atom stereocenters. The van der Waals surface area contributed by atoms with Gasteiger partial charge in [-0.25, -0.2) is 0 Å². The lowest BCUT2D eigenvalue weighted by atomic mass is 9.87. The van der Waals surface area contributed by atoms with Gasteiger partial charge in [-0.15, -0.1) is 0 Å². The predicted octanol–water partition coefficient (Wildman–Crippen LogP) is 16.2. The van der Waals surface area contributed by atoms with Gasteiger partial charge in [0.05, 0.1) is 0 Å². The van der Waals surface area contributed by atoms with Gasteiger partial charge in [0, 0.05) is 53.4 Å². The Kier molecular flexibility index (Phi) is 12.4. The molecule has 256 valence electrons. The smallest absolute Gasteiger partial charge is 0.0409 e. The summed E-state index contributed by atoms with van der Waals surface area (Å²) in [6, 6.07) is 19.6. The van der Waals surface area contributed by atoms with Crippen molar-refractivity contribution in [2.24, 2.45) is 0 Å². The monoisotopic (exact) mass is 1160 g/mol. The summed E-state index contributed by atoms with van der Waals surface area (Å²) in [5.41, 5.74) is 5.63. The van der Waals surface area contributed by atoms with E-state index in [1.165, 1.54) is 75.7 Å². The Labute approximate surface area is 361 Å². The van der Waals surface area contributed by atoms with Crippen molar-refractivity contribution in [3.63, 3.8) is 0 Å². The summed E-state index contributed by atoms with van der Waals surface area (Å²) in [5, 5.41) is 0. The summed E-state index contributed by atoms with van der Waals surface area (Å²) in [6.07, 6.45) is 0. The first kappa shape index (κ1) is 40.4. The lowest BCUT2D eigenvalue weighted by molar-refractivity contribution is 0.586. The second-order valence-corrected chi connectivity index (χ2v) is 25.2. The van der Waals surface area contributed by atoms with Gasteiger partial charge in [-0.1, -0.05) is 130 Å². The van der Waals surface area contributed by atoms with Gasteiger partial charge in [0.2, 0.25) is 0 Å². The molecular weight excluding hydrogens is 1120 g/mol. The van der Waals surface area contributed by atoms with E-state index in [9.17, 15) is 0 Å². The number of halogens is 4. The highest BCUT2D eigenvalue weighted by molar-refractivity contribution is 14.1. The van der Waals surface area contributed by atoms with Crippen LogP contribution in [0.3, 0.4) is 0 Å². The maximum absolute atomic E-state index is 2.62. The molecule has 4 aromatic carbocycles. The highest BCUT2D eigenvalue weighted by atomic mass is 127. The number of benzene rings is 4. The molecule has 0 radical (unpaired) electrons. The minimum Gasteiger partial charge on any atom is -0.0878 e. The fraction of sp³-hybridized carbons (Fsp3) is 0.400. The molecule has 0 fully saturated rings. The zero-order chi connectivity index (χ0) is 35.7. The number of rotatable bonds is 0. The van der Waals surface area contributed by atoms with E-state index in [1.54, 1.807) is 0 Å². The minimum atomic E-state index is 0.0306. The highest BCUT2D eigenvalue weighted by Crippen LogP contribution is 2.51. The van der Waals surface area contributed by atoms with E-state index in [1.807, 2.05) is 47.0 Å². The quantitative estimate of drug-likeness (QED) is 0.142. The number of fused-ring (bicyclic) bond motifs is 8. The molecule has 1 aliphatic rings. The zero-order valence-electron chi connectivity index (χ0n) is 29.8. The number of hydrogen-bond acceptors (Lipinski definition) is 4. The van der Waals surface area contributed by atoms with Crippen LogP contribution in [0.2, 0.25) is 0 Å². The van der Waals surface area contributed by atoms with Gasteiger partial charge in [0.25, 0.3) is 0 Å². The molecule has 5 rings (SSSR count). The third-order valence-electron chi connectivity index (χ3n) is 8.37. The number of hydrogen-bond donors (Lipinski definition) is 0. The summed E-state index contributed by atoms with van der Waals surface area (Å²) in [4.78, 5) is 10.7. The Morgan fingerprint density at radius 2 is 0.417 bits per heavy atom. The molecule has 48 heavy (non-hydrogen) atoms. The van der Waals surface area contributed by atoms with Crippen LogP contribution in [0.4, 0.5) is 0 Å². The fourth-order valence-electron chi connectivity index (χ4n) is 5.09. The Balaban J connectivity index is 1.89. The third kappa shape index (κ3) is 9.10. The molecule has 1 heterocycles. The van der Waals surface area contributed by atoms with Crippen LogP contribution in [-0.2, 0) is 21.7 Å². The van der Waals surface area contributed by atoms with Crippen LogP contribution in [0.25, 0.3) is 0 Å². The Morgan fingerprint density at radius 3 is 0.521 bits per heavy atom. The first-order valence-electron chi connectivity index (χ1n) is 16.0. The van der Waals surface area contributed by atoms with Crippen LogP contribution >= 0.6 is 137 Å². The van der Waals surface area contributed by atoms with Crippen molar-refractivity contribution in [3.8, 4) is 0 Å². The molecule has 8 bridgehead atoms. The Bertz CT molecular complexity index is 1530. The average Bonchev–Trinajstić information content (AvgIpc) is 2.93. The van der Waals surface area contributed by atoms with E-state index >= 15 is 0 Å². The molecule has 0 atom stereocenters. The fourth-order valence-corrected chi connectivity index (χ4v) is 13.3. The maximum Gasteiger partial charge on any atom is 0.0409 e. The van der Waals surface area contributed by atoms with Gasteiger partial charge >= 0.3 is 0 Å². The normalized spacial score (nSPS) is 14.3. The van der Waals surface area contributed by atoms with Crippen LogP contribution in [-0.4, -0.2) is 0 Å². The lowest BCUT2D eigenvalue weighted by Crippen LogP contribution is -2.13. The van der Waals surface area contributed by atoms with Crippen LogP contribution < -0.4 is 0 Å². The van der Waals surface area contributed by atoms with Gasteiger partial charge in [-0.3, -0.25) is 0 Å². The summed E-state index contributed by atoms with van der Waals surface area (Å²) >= 11 is 18.2. The van der Waals surface area contributed by atoms with Crippen molar-refractivity contribution in [1.29, 1.82) is 0 Å². The maximum atomic E-state index is 2.62. The van der Waals surface area contributed by atoms with Gasteiger partial charge in [-0.2, -0.15) is 0 Å². The van der Waals surface area contributed by atoms with Crippen molar-refractivity contribution in [3.05, 3.63) is 85.1 Å². The van der Waals surface area contributed by atoms with Crippen molar-refractivity contribution in [2.45, 2.75) is 144 Å². The molecule has 0 aliphatic carbocycles. The predicted molar refractivity (Wildman–Crippen MR) is 248 cm³/mol. The van der Waals surface area contributed by atoms with Crippen molar-refractivity contribution in [1.82, 2.24) is 0 Å². The van der Waals surface area contributed by atoms with E-state index in [2.05, 4.69) is 222 Å². The molecule has 0 saturated heterocycles. The van der Waals surface area contributed by atoms with E-state index < -0.39 is 0 Å². The van der Waals surface area contributed by atoms with Crippen molar-refractivity contribution < 1.29 is 0 Å². The first-order valence-corrected chi connectivity index (χ1v) is 23.6. The standard InChI is InChI=1S/C40H44I4S4/c1-37(2,3)21-13-25-33(41)26(14-21)46-28-16-23(39(7,8)9)18-30(35(28)43)48-32-20-24(40(10,11)12)19-31(36(32)44)47-29-17-22(38(4,5)6)15-27(45-25)34(29)42/h13-20H,1-12H3. The summed E-state index contributed by atoms with van der Waals surface area (Å²) in [6.45, 7) is 28.0. The van der Waals surface area contributed by atoms with Gasteiger partial charge < -0.3 is 0 Å². The lowest BCUT2D eigenvalue weighted by Gasteiger charge is -2.26. The van der Waals surface area contributed by atoms with E-state index in [-0.39, 0.29) is 21.7 Å². The minimum absolute atomic E-state index is 0.0306. The zero-order valence-corrected chi connectivity index (χ0v) is 41.7. The molecule has 0 aromatic heterocycles. The van der Waals surface area contributed by atoms with Gasteiger partial charge in [-0.05, 0) is 183 Å². The Hall–Kier alpha value is 1.20. The Morgan fingerprint density at radius 1 is 0.292 bits per heavy atom. The first-order chi connectivity index (χ1) is 21.9. The molecule has 0 amide bonds. The van der Waals surface area contributed by atoms with Crippen LogP contribution in [0, 0.1) is 14.3 Å². The molecule has 0 spiro atoms. The average molecular weight is 1160 g/mol. The third-order valence-corrected chi connectivity index (χ3v) is 20.3. The van der Waals surface area contributed by atoms with Crippen molar-refractivity contribution in [2.75, 3.05) is 0 Å². The molecule has 0 N–H and O–H groups in total. The molecule has 0 nitrogen and oxygen atoms in total. The van der Waals surface area contributed by atoms with E-state index in [0.717, 1.165) is 0 Å². The van der Waals surface area contributed by atoms with E-state index in [0.29, 0.717) is 0 Å². The second-order valence-electron chi connectivity index (χ2n) is 16.6. The van der Waals surface area contributed by atoms with Crippen LogP contribution in [0.1, 0.15) is 105 Å². The molecule has 4 aromatic rings. The van der Waals surface area contributed by atoms with Crippen LogP contribution in [0.5, 0.6) is 0 Å². The molecule has 0 saturated carbocycles. The second kappa shape index (κ2) is 14.8. The largest absolute Gasteiger partial charge is 0.0878 e. The molecule has 8 heteroatoms. The highest BCUT2D eigenvalue weighted by Gasteiger charge is 2.27. The summed E-state index contributed by atoms with van der Waals surface area (Å²) in [5.74, 6) is 0. The summed E-state index contributed by atoms with van der Waals surface area (Å²) in [7, 11) is 0. The topological polar surface area (TPSA) is 0 Å². The summed E-state index contributed by atoms with van der Waals surface area (Å²) < 4.78 is 5.31. The van der Waals surface area contributed by atoms with E-state index in [4.69, 9.17) is 0 Å². The van der Waals surface area contributed by atoms with Gasteiger partial charge in [0.15, 0.2) is 0 Å². The molecule has 1 aliphatic heterocycles. The van der Waals surface area contributed by atoms with Crippen molar-refractivity contribution >= 4 is 137 Å².